The van der Waals surface area contributed by atoms with E-state index in [1.165, 1.54) is 0 Å². The molecule has 0 heterocycles. The summed E-state index contributed by atoms with van der Waals surface area (Å²) in [5.41, 5.74) is 0. The molecule has 0 bridgehead atoms. The molecule has 0 rings (SSSR count). The van der Waals surface area contributed by atoms with Gasteiger partial charge >= 0.3 is 5.97 Å². The van der Waals surface area contributed by atoms with Crippen LogP contribution >= 0.6 is 31.7 Å². The van der Waals surface area contributed by atoms with Crippen LogP contribution in [0.25, 0.3) is 0 Å². The Morgan fingerprint density at radius 2 is 1.88 bits per heavy atom. The van der Waals surface area contributed by atoms with Crippen molar-refractivity contribution in [2.45, 2.75) is 11.7 Å². The van der Waals surface area contributed by atoms with Gasteiger partial charge in [0.15, 0.2) is 0 Å². The van der Waals surface area contributed by atoms with Gasteiger partial charge < -0.3 is 24.6 Å². The first-order valence-electron chi connectivity index (χ1n) is 4.71. The molecule has 0 aliphatic rings. The topological polar surface area (TPSA) is 107 Å². The van der Waals surface area contributed by atoms with Gasteiger partial charge in [0, 0.05) is 16.4 Å². The van der Waals surface area contributed by atoms with Crippen molar-refractivity contribution in [1.82, 2.24) is 0 Å². The van der Waals surface area contributed by atoms with Crippen LogP contribution in [0.2, 0.25) is 0 Å². The maximum atomic E-state index is 10.6. The zero-order valence-corrected chi connectivity index (χ0v) is 11.7. The summed E-state index contributed by atoms with van der Waals surface area (Å²) in [6, 6.07) is 0. The molecule has 0 amide bonds. The number of aliphatic hydroxyl groups excluding tert-OH is 4. The second kappa shape index (κ2) is 9.31. The second-order valence-electron chi connectivity index (χ2n) is 3.30. The van der Waals surface area contributed by atoms with E-state index in [0.717, 1.165) is 31.7 Å². The van der Waals surface area contributed by atoms with Gasteiger partial charge in [-0.2, -0.15) is 0 Å². The third kappa shape index (κ3) is 5.69. The molecule has 0 saturated heterocycles. The van der Waals surface area contributed by atoms with Crippen LogP contribution < -0.4 is 0 Å². The lowest BCUT2D eigenvalue weighted by molar-refractivity contribution is -0.135. The first-order valence-corrected chi connectivity index (χ1v) is 8.12. The number of carbonyl (C=O) groups is 1. The van der Waals surface area contributed by atoms with Crippen LogP contribution in [-0.4, -0.2) is 57.6 Å². The monoisotopic (exact) mass is 304 g/mol. The molecule has 9 heteroatoms. The van der Waals surface area contributed by atoms with Gasteiger partial charge in [-0.05, 0) is 5.92 Å². The highest BCUT2D eigenvalue weighted by atomic mass is 33.5. The Kier molecular flexibility index (Phi) is 9.51. The predicted molar refractivity (Wildman–Crippen MR) is 69.1 cm³/mol. The Morgan fingerprint density at radius 1 is 1.29 bits per heavy atom. The summed E-state index contributed by atoms with van der Waals surface area (Å²) in [6.07, 6.45) is 0. The van der Waals surface area contributed by atoms with Crippen LogP contribution in [0.15, 0.2) is 0 Å². The number of carbonyl (C=O) groups excluding carboxylic acids is 1. The van der Waals surface area contributed by atoms with Crippen LogP contribution in [0.3, 0.4) is 0 Å². The molecule has 0 saturated carbocycles. The molecule has 0 fully saturated rings. The molecule has 6 nitrogen and oxygen atoms in total. The van der Waals surface area contributed by atoms with Gasteiger partial charge in [0.2, 0.25) is 0 Å². The summed E-state index contributed by atoms with van der Waals surface area (Å²) in [5, 5.41) is 36.0. The fourth-order valence-corrected chi connectivity index (χ4v) is 4.82. The largest absolute Gasteiger partial charge is 0.396 e. The van der Waals surface area contributed by atoms with E-state index in [9.17, 15) is 15.0 Å². The minimum Gasteiger partial charge on any atom is -0.396 e. The first-order chi connectivity index (χ1) is 8.06. The van der Waals surface area contributed by atoms with Gasteiger partial charge in [-0.25, -0.2) is 4.79 Å². The lowest BCUT2D eigenvalue weighted by Crippen LogP contribution is -2.41. The van der Waals surface area contributed by atoms with E-state index in [-0.39, 0.29) is 25.7 Å². The van der Waals surface area contributed by atoms with Crippen LogP contribution in [0.5, 0.6) is 0 Å². The number of rotatable bonds is 9. The van der Waals surface area contributed by atoms with E-state index in [1.807, 2.05) is 0 Å². The molecule has 0 aromatic rings. The molecule has 0 spiro atoms. The molecule has 0 aliphatic heterocycles. The Balaban J connectivity index is 4.13. The van der Waals surface area contributed by atoms with Crippen molar-refractivity contribution < 1.29 is 29.4 Å². The number of aliphatic hydroxyl groups is 4. The third-order valence-corrected chi connectivity index (χ3v) is 6.24. The van der Waals surface area contributed by atoms with E-state index in [4.69, 9.17) is 10.2 Å². The van der Waals surface area contributed by atoms with E-state index < -0.39 is 17.3 Å². The minimum atomic E-state index is -0.905. The summed E-state index contributed by atoms with van der Waals surface area (Å²) in [5.74, 6) is -1.08. The summed E-state index contributed by atoms with van der Waals surface area (Å²) in [7, 11) is 2.16. The van der Waals surface area contributed by atoms with Crippen molar-refractivity contribution in [3.8, 4) is 0 Å². The average molecular weight is 304 g/mol. The zero-order chi connectivity index (χ0) is 13.3. The standard InChI is InChI=1S/C8H16O6S3/c1-6(2-9)8(4-11,5-12)15-17-16-14-7(13)3-10/h6,9-12H,2-5H2,1H3. The van der Waals surface area contributed by atoms with Crippen LogP contribution in [0.1, 0.15) is 6.92 Å². The Labute approximate surface area is 111 Å². The lowest BCUT2D eigenvalue weighted by Gasteiger charge is -2.32. The molecule has 0 aromatic carbocycles. The van der Waals surface area contributed by atoms with Crippen molar-refractivity contribution in [1.29, 1.82) is 0 Å². The van der Waals surface area contributed by atoms with Crippen LogP contribution in [-0.2, 0) is 8.98 Å². The second-order valence-corrected chi connectivity index (χ2v) is 7.26. The van der Waals surface area contributed by atoms with Gasteiger partial charge in [0.1, 0.15) is 17.7 Å². The van der Waals surface area contributed by atoms with E-state index in [1.54, 1.807) is 6.92 Å². The Morgan fingerprint density at radius 3 is 2.29 bits per heavy atom. The molecule has 0 aliphatic carbocycles. The molecule has 4 N–H and O–H groups in total. The van der Waals surface area contributed by atoms with Crippen molar-refractivity contribution in [3.63, 3.8) is 0 Å². The zero-order valence-electron chi connectivity index (χ0n) is 9.24. The molecule has 0 radical (unpaired) electrons. The van der Waals surface area contributed by atoms with Gasteiger partial charge in [0.05, 0.1) is 18.0 Å². The quantitative estimate of drug-likeness (QED) is 0.262. The fourth-order valence-electron chi connectivity index (χ4n) is 0.823. The molecule has 102 valence electrons. The molecular formula is C8H16O6S3. The van der Waals surface area contributed by atoms with Gasteiger partial charge in [-0.3, -0.25) is 0 Å². The highest BCUT2D eigenvalue weighted by Gasteiger charge is 2.36. The Bertz CT molecular complexity index is 223. The molecule has 0 aromatic heterocycles. The fraction of sp³-hybridized carbons (Fsp3) is 0.875. The highest BCUT2D eigenvalue weighted by Crippen LogP contribution is 2.46. The average Bonchev–Trinajstić information content (AvgIpc) is 2.38. The maximum absolute atomic E-state index is 10.6. The van der Waals surface area contributed by atoms with Gasteiger partial charge in [0.25, 0.3) is 0 Å². The smallest absolute Gasteiger partial charge is 0.344 e. The molecule has 1 atom stereocenters. The molecule has 17 heavy (non-hydrogen) atoms. The molecular weight excluding hydrogens is 288 g/mol. The van der Waals surface area contributed by atoms with Gasteiger partial charge in [-0.1, -0.05) is 17.7 Å². The highest BCUT2D eigenvalue weighted by molar-refractivity contribution is 9.08. The van der Waals surface area contributed by atoms with E-state index in [0.29, 0.717) is 0 Å². The predicted octanol–water partition coefficient (Wildman–Crippen LogP) is -0.182. The van der Waals surface area contributed by atoms with Crippen molar-refractivity contribution in [2.24, 2.45) is 5.92 Å². The maximum Gasteiger partial charge on any atom is 0.344 e. The third-order valence-electron chi connectivity index (χ3n) is 2.19. The summed E-state index contributed by atoms with van der Waals surface area (Å²) in [6.45, 7) is 0.214. The van der Waals surface area contributed by atoms with Crippen molar-refractivity contribution >= 4 is 37.7 Å². The van der Waals surface area contributed by atoms with Crippen LogP contribution in [0, 0.1) is 5.92 Å². The first kappa shape index (κ1) is 17.4. The van der Waals surface area contributed by atoms with Crippen molar-refractivity contribution in [3.05, 3.63) is 0 Å². The SMILES string of the molecule is CC(CO)C(CO)(CO)SSSOC(=O)CO. The Hall–Kier alpha value is 0.360. The summed E-state index contributed by atoms with van der Waals surface area (Å²) in [4.78, 5) is 10.6. The minimum absolute atomic E-state index is 0.171. The lowest BCUT2D eigenvalue weighted by atomic mass is 9.95. The van der Waals surface area contributed by atoms with E-state index >= 15 is 0 Å². The summed E-state index contributed by atoms with van der Waals surface area (Å²) >= 11 is 0.738. The van der Waals surface area contributed by atoms with Crippen molar-refractivity contribution in [2.75, 3.05) is 26.4 Å². The normalized spacial score (nSPS) is 13.5. The van der Waals surface area contributed by atoms with Gasteiger partial charge in [-0.15, -0.1) is 0 Å². The number of hydrogen-bond donors (Lipinski definition) is 4. The summed E-state index contributed by atoms with van der Waals surface area (Å²) < 4.78 is 3.63. The molecule has 1 unspecified atom stereocenters. The van der Waals surface area contributed by atoms with Crippen LogP contribution in [0.4, 0.5) is 0 Å². The number of hydrogen-bond acceptors (Lipinski definition) is 9. The van der Waals surface area contributed by atoms with E-state index in [2.05, 4.69) is 4.18 Å².